The van der Waals surface area contributed by atoms with E-state index in [1.165, 1.54) is 6.26 Å². The minimum atomic E-state index is -0.459. The summed E-state index contributed by atoms with van der Waals surface area (Å²) in [7, 11) is 0. The first-order chi connectivity index (χ1) is 17.5. The van der Waals surface area contributed by atoms with Crippen LogP contribution in [0.3, 0.4) is 0 Å². The molecular weight excluding hydrogens is 496 g/mol. The van der Waals surface area contributed by atoms with Gasteiger partial charge in [-0.25, -0.2) is 9.97 Å². The van der Waals surface area contributed by atoms with E-state index in [1.54, 1.807) is 6.07 Å². The lowest BCUT2D eigenvalue weighted by molar-refractivity contribution is 0.102. The molecule has 11 nitrogen and oxygen atoms in total. The molecule has 12 heteroatoms. The average molecular weight is 525 g/mol. The van der Waals surface area contributed by atoms with Crippen molar-refractivity contribution in [3.8, 4) is 11.5 Å². The van der Waals surface area contributed by atoms with Crippen LogP contribution < -0.4 is 15.1 Å². The maximum Gasteiger partial charge on any atom is 0.300 e. The Labute approximate surface area is 219 Å². The summed E-state index contributed by atoms with van der Waals surface area (Å²) < 4.78 is 17.0. The zero-order valence-electron chi connectivity index (χ0n) is 20.3. The van der Waals surface area contributed by atoms with Crippen LogP contribution in [0, 0.1) is 6.92 Å². The number of carbonyl (C=O) groups is 1. The predicted octanol–water partition coefficient (Wildman–Crippen LogP) is 2.96. The number of hydrogen-bond donors (Lipinski definition) is 2. The number of aromatic nitrogens is 3. The third kappa shape index (κ3) is 5.13. The summed E-state index contributed by atoms with van der Waals surface area (Å²) in [6, 6.07) is 9.90. The SMILES string of the molecule is Cc1cccc(-c2nc(C(=O)Nc3cc4oc(N5CCOCC5)nc4nc3N3CC[C@H](O)C3)co2)c1.S. The lowest BCUT2D eigenvalue weighted by atomic mass is 10.1. The van der Waals surface area contributed by atoms with Gasteiger partial charge >= 0.3 is 0 Å². The van der Waals surface area contributed by atoms with E-state index >= 15 is 0 Å². The fraction of sp³-hybridized carbons (Fsp3) is 0.360. The van der Waals surface area contributed by atoms with Crippen molar-refractivity contribution >= 4 is 48.2 Å². The van der Waals surface area contributed by atoms with E-state index in [9.17, 15) is 9.90 Å². The number of fused-ring (bicyclic) bond motifs is 1. The molecule has 2 aliphatic heterocycles. The van der Waals surface area contributed by atoms with Gasteiger partial charge < -0.3 is 33.8 Å². The zero-order valence-corrected chi connectivity index (χ0v) is 21.3. The number of morpholine rings is 1. The number of ether oxygens (including phenoxy) is 1. The van der Waals surface area contributed by atoms with Gasteiger partial charge in [-0.1, -0.05) is 17.7 Å². The van der Waals surface area contributed by atoms with Gasteiger partial charge in [0.25, 0.3) is 11.9 Å². The number of aliphatic hydroxyl groups excluding tert-OH is 1. The molecule has 3 aromatic heterocycles. The quantitative estimate of drug-likeness (QED) is 0.402. The second-order valence-electron chi connectivity index (χ2n) is 9.03. The molecule has 0 radical (unpaired) electrons. The third-order valence-corrected chi connectivity index (χ3v) is 6.35. The maximum absolute atomic E-state index is 13.1. The van der Waals surface area contributed by atoms with Gasteiger partial charge in [0, 0.05) is 37.8 Å². The highest BCUT2D eigenvalue weighted by atomic mass is 32.1. The minimum Gasteiger partial charge on any atom is -0.444 e. The van der Waals surface area contributed by atoms with Gasteiger partial charge in [0.1, 0.15) is 6.26 Å². The summed E-state index contributed by atoms with van der Waals surface area (Å²) in [6.07, 6.45) is 1.50. The Morgan fingerprint density at radius 3 is 2.70 bits per heavy atom. The number of aryl methyl sites for hydroxylation is 1. The van der Waals surface area contributed by atoms with Gasteiger partial charge in [0.15, 0.2) is 17.1 Å². The molecule has 37 heavy (non-hydrogen) atoms. The van der Waals surface area contributed by atoms with Crippen LogP contribution in [-0.2, 0) is 4.74 Å². The zero-order chi connectivity index (χ0) is 24.6. The van der Waals surface area contributed by atoms with Crippen LogP contribution >= 0.6 is 13.5 Å². The Balaban J connectivity index is 0.00000280. The Bertz CT molecular complexity index is 1420. The normalized spacial score (nSPS) is 17.7. The molecule has 2 saturated heterocycles. The number of amides is 1. The van der Waals surface area contributed by atoms with Gasteiger partial charge in [-0.2, -0.15) is 18.5 Å². The number of carbonyl (C=O) groups excluding carboxylic acids is 1. The second kappa shape index (κ2) is 10.4. The Hall–Kier alpha value is -3.61. The first-order valence-electron chi connectivity index (χ1n) is 11.9. The smallest absolute Gasteiger partial charge is 0.300 e. The summed E-state index contributed by atoms with van der Waals surface area (Å²) in [4.78, 5) is 30.7. The van der Waals surface area contributed by atoms with E-state index in [0.29, 0.717) is 80.5 Å². The summed E-state index contributed by atoms with van der Waals surface area (Å²) in [5.41, 5.74) is 3.35. The van der Waals surface area contributed by atoms with Crippen LogP contribution in [-0.4, -0.2) is 71.5 Å². The molecule has 2 fully saturated rings. The number of β-amino-alcohol motifs (C(OH)–C–C–N with tert-alkyl or cyclic N) is 1. The van der Waals surface area contributed by atoms with E-state index in [2.05, 4.69) is 15.3 Å². The molecule has 1 amide bonds. The Morgan fingerprint density at radius 1 is 1.11 bits per heavy atom. The summed E-state index contributed by atoms with van der Waals surface area (Å²) in [5.74, 6) is 0.454. The monoisotopic (exact) mass is 524 g/mol. The highest BCUT2D eigenvalue weighted by Crippen LogP contribution is 2.33. The van der Waals surface area contributed by atoms with E-state index < -0.39 is 12.0 Å². The number of oxazole rings is 2. The summed E-state index contributed by atoms with van der Waals surface area (Å²) >= 11 is 0. The number of nitrogens with zero attached hydrogens (tertiary/aromatic N) is 5. The number of benzene rings is 1. The van der Waals surface area contributed by atoms with Crippen molar-refractivity contribution in [3.05, 3.63) is 47.9 Å². The Morgan fingerprint density at radius 2 is 1.95 bits per heavy atom. The first kappa shape index (κ1) is 25.1. The fourth-order valence-electron chi connectivity index (χ4n) is 4.47. The molecular formula is C25H28N6O5S. The van der Waals surface area contributed by atoms with Gasteiger partial charge in [-0.3, -0.25) is 4.79 Å². The molecule has 6 rings (SSSR count). The molecule has 0 unspecified atom stereocenters. The number of anilines is 3. The van der Waals surface area contributed by atoms with Gasteiger partial charge in [-0.05, 0) is 25.5 Å². The van der Waals surface area contributed by atoms with Crippen molar-refractivity contribution in [1.29, 1.82) is 0 Å². The van der Waals surface area contributed by atoms with Crippen LogP contribution in [0.15, 0.2) is 45.4 Å². The summed E-state index contributed by atoms with van der Waals surface area (Å²) in [5, 5.41) is 13.0. The van der Waals surface area contributed by atoms with Crippen molar-refractivity contribution in [3.63, 3.8) is 0 Å². The average Bonchev–Trinajstić information content (AvgIpc) is 3.63. The minimum absolute atomic E-state index is 0. The number of rotatable bonds is 5. The second-order valence-corrected chi connectivity index (χ2v) is 9.03. The van der Waals surface area contributed by atoms with E-state index in [1.807, 2.05) is 41.0 Å². The topological polar surface area (TPSA) is 130 Å². The summed E-state index contributed by atoms with van der Waals surface area (Å²) in [6.45, 7) is 5.57. The van der Waals surface area contributed by atoms with Crippen LogP contribution in [0.1, 0.15) is 22.5 Å². The molecule has 194 valence electrons. The number of hydrogen-bond acceptors (Lipinski definition) is 10. The molecule has 0 saturated carbocycles. The van der Waals surface area contributed by atoms with E-state index in [-0.39, 0.29) is 19.2 Å². The van der Waals surface area contributed by atoms with Gasteiger partial charge in [-0.15, -0.1) is 0 Å². The highest BCUT2D eigenvalue weighted by molar-refractivity contribution is 7.59. The molecule has 2 aliphatic rings. The van der Waals surface area contributed by atoms with Crippen LogP contribution in [0.25, 0.3) is 22.7 Å². The Kier molecular flexibility index (Phi) is 7.04. The van der Waals surface area contributed by atoms with Crippen molar-refractivity contribution in [1.82, 2.24) is 15.0 Å². The van der Waals surface area contributed by atoms with Gasteiger partial charge in [0.2, 0.25) is 11.5 Å². The molecule has 0 aliphatic carbocycles. The van der Waals surface area contributed by atoms with Crippen LogP contribution in [0.5, 0.6) is 0 Å². The fourth-order valence-corrected chi connectivity index (χ4v) is 4.47. The molecule has 1 aromatic carbocycles. The molecule has 0 bridgehead atoms. The lowest BCUT2D eigenvalue weighted by Crippen LogP contribution is -2.36. The largest absolute Gasteiger partial charge is 0.444 e. The highest BCUT2D eigenvalue weighted by Gasteiger charge is 2.27. The first-order valence-corrected chi connectivity index (χ1v) is 11.9. The van der Waals surface area contributed by atoms with E-state index in [0.717, 1.165) is 11.1 Å². The van der Waals surface area contributed by atoms with Crippen LogP contribution in [0.2, 0.25) is 0 Å². The maximum atomic E-state index is 13.1. The molecule has 5 heterocycles. The van der Waals surface area contributed by atoms with Crippen LogP contribution in [0.4, 0.5) is 17.5 Å². The predicted molar refractivity (Wildman–Crippen MR) is 143 cm³/mol. The molecule has 4 aromatic rings. The number of aliphatic hydroxyl groups is 1. The van der Waals surface area contributed by atoms with Crippen molar-refractivity contribution in [2.45, 2.75) is 19.4 Å². The number of pyridine rings is 1. The van der Waals surface area contributed by atoms with Crippen molar-refractivity contribution in [2.75, 3.05) is 54.5 Å². The number of nitrogens with one attached hydrogen (secondary N) is 1. The molecule has 1 atom stereocenters. The lowest BCUT2D eigenvalue weighted by Gasteiger charge is -2.24. The van der Waals surface area contributed by atoms with Crippen molar-refractivity contribution < 1.29 is 23.5 Å². The van der Waals surface area contributed by atoms with Gasteiger partial charge in [0.05, 0.1) is 25.0 Å². The van der Waals surface area contributed by atoms with E-state index in [4.69, 9.17) is 18.6 Å². The molecule has 2 N–H and O–H groups in total. The third-order valence-electron chi connectivity index (χ3n) is 6.35. The van der Waals surface area contributed by atoms with Crippen molar-refractivity contribution in [2.24, 2.45) is 0 Å². The standard InChI is InChI=1S/C25H26N6O5.H2S/c1-15-3-2-4-16(11-15)24-27-19(14-35-24)23(33)26-18-12-20-21(28-22(18)31-6-5-17(32)13-31)29-25(36-20)30-7-9-34-10-8-30;/h2-4,11-12,14,17,32H,5-10,13H2,1H3,(H,26,33);1H2/t17-;/m0./s1. The molecule has 0 spiro atoms.